The van der Waals surface area contributed by atoms with Crippen molar-refractivity contribution in [3.05, 3.63) is 35.4 Å². The van der Waals surface area contributed by atoms with E-state index in [1.54, 1.807) is 0 Å². The van der Waals surface area contributed by atoms with Gasteiger partial charge in [0, 0.05) is 0 Å². The van der Waals surface area contributed by atoms with Crippen molar-refractivity contribution in [1.29, 1.82) is 0 Å². The smallest absolute Gasteiger partial charge is 0.306 e. The third-order valence-electron chi connectivity index (χ3n) is 2.67. The molecule has 0 fully saturated rings. The Hall–Kier alpha value is -1.35. The zero-order chi connectivity index (χ0) is 12.0. The minimum Gasteiger partial charge on any atom is -0.481 e. The van der Waals surface area contributed by atoms with Crippen LogP contribution in [0.2, 0.25) is 0 Å². The van der Waals surface area contributed by atoms with Gasteiger partial charge in [-0.05, 0) is 38.3 Å². The van der Waals surface area contributed by atoms with Gasteiger partial charge < -0.3 is 10.8 Å². The van der Waals surface area contributed by atoms with E-state index in [9.17, 15) is 4.79 Å². The number of benzene rings is 1. The van der Waals surface area contributed by atoms with E-state index in [0.29, 0.717) is 19.4 Å². The van der Waals surface area contributed by atoms with Gasteiger partial charge in [0.05, 0.1) is 5.92 Å². The highest BCUT2D eigenvalue weighted by Gasteiger charge is 2.17. The molecule has 1 aromatic carbocycles. The molecule has 88 valence electrons. The van der Waals surface area contributed by atoms with E-state index in [-0.39, 0.29) is 5.92 Å². The molecule has 0 amide bonds. The van der Waals surface area contributed by atoms with Crippen LogP contribution in [0.25, 0.3) is 0 Å². The highest BCUT2D eigenvalue weighted by molar-refractivity contribution is 5.70. The van der Waals surface area contributed by atoms with Gasteiger partial charge in [-0.2, -0.15) is 0 Å². The molecule has 0 radical (unpaired) electrons. The van der Waals surface area contributed by atoms with E-state index >= 15 is 0 Å². The molecule has 0 bridgehead atoms. The molecule has 0 aliphatic heterocycles. The molecule has 1 aromatic rings. The molecule has 0 spiro atoms. The van der Waals surface area contributed by atoms with Crippen LogP contribution in [0.15, 0.2) is 24.3 Å². The van der Waals surface area contributed by atoms with E-state index in [0.717, 1.165) is 12.0 Å². The largest absolute Gasteiger partial charge is 0.481 e. The van der Waals surface area contributed by atoms with Gasteiger partial charge in [-0.3, -0.25) is 4.79 Å². The van der Waals surface area contributed by atoms with Crippen LogP contribution in [0.4, 0.5) is 0 Å². The maximum atomic E-state index is 11.1. The molecule has 0 aliphatic carbocycles. The van der Waals surface area contributed by atoms with Crippen molar-refractivity contribution in [3.63, 3.8) is 0 Å². The lowest BCUT2D eigenvalue weighted by atomic mass is 9.94. The third-order valence-corrected chi connectivity index (χ3v) is 2.67. The first-order chi connectivity index (χ1) is 7.63. The van der Waals surface area contributed by atoms with Crippen molar-refractivity contribution < 1.29 is 9.90 Å². The molecule has 0 aliphatic rings. The van der Waals surface area contributed by atoms with Crippen molar-refractivity contribution >= 4 is 5.97 Å². The summed E-state index contributed by atoms with van der Waals surface area (Å²) < 4.78 is 0. The molecule has 3 heteroatoms. The lowest BCUT2D eigenvalue weighted by Gasteiger charge is -2.12. The highest BCUT2D eigenvalue weighted by atomic mass is 16.4. The SMILES string of the molecule is Cc1cccc(CC(CCCN)C(=O)O)c1. The summed E-state index contributed by atoms with van der Waals surface area (Å²) >= 11 is 0. The molecule has 0 heterocycles. The number of rotatable bonds is 6. The Bertz CT molecular complexity index is 350. The summed E-state index contributed by atoms with van der Waals surface area (Å²) in [7, 11) is 0. The minimum atomic E-state index is -0.727. The second-order valence-electron chi connectivity index (χ2n) is 4.16. The first kappa shape index (κ1) is 12.7. The fraction of sp³-hybridized carbons (Fsp3) is 0.462. The Kier molecular flexibility index (Phi) is 4.99. The predicted molar refractivity (Wildman–Crippen MR) is 64.3 cm³/mol. The van der Waals surface area contributed by atoms with Crippen LogP contribution in [0.1, 0.15) is 24.0 Å². The fourth-order valence-corrected chi connectivity index (χ4v) is 1.80. The zero-order valence-corrected chi connectivity index (χ0v) is 9.65. The molecule has 0 saturated heterocycles. The van der Waals surface area contributed by atoms with Gasteiger partial charge >= 0.3 is 5.97 Å². The second-order valence-corrected chi connectivity index (χ2v) is 4.16. The summed E-state index contributed by atoms with van der Waals surface area (Å²) in [6.45, 7) is 2.57. The lowest BCUT2D eigenvalue weighted by molar-refractivity contribution is -0.141. The van der Waals surface area contributed by atoms with Crippen molar-refractivity contribution in [1.82, 2.24) is 0 Å². The Labute approximate surface area is 96.3 Å². The number of carboxylic acid groups (broad SMARTS) is 1. The number of aryl methyl sites for hydroxylation is 1. The van der Waals surface area contributed by atoms with Gasteiger partial charge in [-0.1, -0.05) is 29.8 Å². The summed E-state index contributed by atoms with van der Waals surface area (Å²) in [6.07, 6.45) is 2.01. The fourth-order valence-electron chi connectivity index (χ4n) is 1.80. The average molecular weight is 221 g/mol. The summed E-state index contributed by atoms with van der Waals surface area (Å²) in [5.41, 5.74) is 7.66. The van der Waals surface area contributed by atoms with Gasteiger partial charge in [0.15, 0.2) is 0 Å². The first-order valence-corrected chi connectivity index (χ1v) is 5.62. The zero-order valence-electron chi connectivity index (χ0n) is 9.65. The topological polar surface area (TPSA) is 63.3 Å². The third kappa shape index (κ3) is 4.03. The van der Waals surface area contributed by atoms with Crippen LogP contribution in [0.3, 0.4) is 0 Å². The van der Waals surface area contributed by atoms with E-state index in [4.69, 9.17) is 10.8 Å². The van der Waals surface area contributed by atoms with Crippen LogP contribution >= 0.6 is 0 Å². The summed E-state index contributed by atoms with van der Waals surface area (Å²) in [5, 5.41) is 9.09. The van der Waals surface area contributed by atoms with Crippen LogP contribution < -0.4 is 5.73 Å². The number of aliphatic carboxylic acids is 1. The van der Waals surface area contributed by atoms with Gasteiger partial charge in [0.25, 0.3) is 0 Å². The Morgan fingerprint density at radius 2 is 2.25 bits per heavy atom. The maximum Gasteiger partial charge on any atom is 0.306 e. The van der Waals surface area contributed by atoms with E-state index in [1.807, 2.05) is 31.2 Å². The standard InChI is InChI=1S/C13H19NO2/c1-10-4-2-5-11(8-10)9-12(13(15)16)6-3-7-14/h2,4-5,8,12H,3,6-7,9,14H2,1H3,(H,15,16). The highest BCUT2D eigenvalue weighted by Crippen LogP contribution is 2.15. The summed E-state index contributed by atoms with van der Waals surface area (Å²) in [6, 6.07) is 8.00. The quantitative estimate of drug-likeness (QED) is 0.772. The molecule has 1 unspecified atom stereocenters. The number of hydrogen-bond acceptors (Lipinski definition) is 2. The van der Waals surface area contributed by atoms with Crippen LogP contribution in [0.5, 0.6) is 0 Å². The molecular formula is C13H19NO2. The Morgan fingerprint density at radius 1 is 1.50 bits per heavy atom. The number of nitrogens with two attached hydrogens (primary N) is 1. The van der Waals surface area contributed by atoms with Crippen molar-refractivity contribution in [2.75, 3.05) is 6.54 Å². The molecule has 0 aromatic heterocycles. The average Bonchev–Trinajstić information content (AvgIpc) is 2.24. The summed E-state index contributed by atoms with van der Waals surface area (Å²) in [4.78, 5) is 11.1. The molecule has 3 N–H and O–H groups in total. The Balaban J connectivity index is 2.64. The predicted octanol–water partition coefficient (Wildman–Crippen LogP) is 1.98. The minimum absolute atomic E-state index is 0.314. The molecule has 0 saturated carbocycles. The van der Waals surface area contributed by atoms with Gasteiger partial charge in [-0.15, -0.1) is 0 Å². The Morgan fingerprint density at radius 3 is 2.81 bits per heavy atom. The normalized spacial score (nSPS) is 12.4. The maximum absolute atomic E-state index is 11.1. The van der Waals surface area contributed by atoms with Crippen molar-refractivity contribution in [2.24, 2.45) is 11.7 Å². The molecule has 3 nitrogen and oxygen atoms in total. The second kappa shape index (κ2) is 6.28. The van der Waals surface area contributed by atoms with Crippen LogP contribution in [0, 0.1) is 12.8 Å². The molecular weight excluding hydrogens is 202 g/mol. The monoisotopic (exact) mass is 221 g/mol. The van der Waals surface area contributed by atoms with E-state index in [1.165, 1.54) is 5.56 Å². The number of carbonyl (C=O) groups is 1. The lowest BCUT2D eigenvalue weighted by Crippen LogP contribution is -2.18. The van der Waals surface area contributed by atoms with E-state index < -0.39 is 5.97 Å². The van der Waals surface area contributed by atoms with E-state index in [2.05, 4.69) is 0 Å². The van der Waals surface area contributed by atoms with Gasteiger partial charge in [0.1, 0.15) is 0 Å². The first-order valence-electron chi connectivity index (χ1n) is 5.62. The molecule has 16 heavy (non-hydrogen) atoms. The number of hydrogen-bond donors (Lipinski definition) is 2. The number of carboxylic acids is 1. The van der Waals surface area contributed by atoms with Crippen molar-refractivity contribution in [2.45, 2.75) is 26.2 Å². The van der Waals surface area contributed by atoms with Crippen molar-refractivity contribution in [3.8, 4) is 0 Å². The van der Waals surface area contributed by atoms with Gasteiger partial charge in [-0.25, -0.2) is 0 Å². The molecule has 1 rings (SSSR count). The molecule has 1 atom stereocenters. The van der Waals surface area contributed by atoms with Gasteiger partial charge in [0.2, 0.25) is 0 Å². The summed E-state index contributed by atoms with van der Waals surface area (Å²) in [5.74, 6) is -1.04. The van der Waals surface area contributed by atoms with Crippen LogP contribution in [-0.4, -0.2) is 17.6 Å². The van der Waals surface area contributed by atoms with Crippen LogP contribution in [-0.2, 0) is 11.2 Å².